The summed E-state index contributed by atoms with van der Waals surface area (Å²) in [6.07, 6.45) is 1.37. The number of rotatable bonds is 3. The molecule has 0 aliphatic rings. The van der Waals surface area contributed by atoms with Crippen LogP contribution in [0.25, 0.3) is 22.5 Å². The highest BCUT2D eigenvalue weighted by Gasteiger charge is 2.26. The Morgan fingerprint density at radius 3 is 2.50 bits per heavy atom. The molecule has 0 aliphatic heterocycles. The van der Waals surface area contributed by atoms with E-state index in [1.807, 2.05) is 0 Å². The largest absolute Gasteiger partial charge is 0.461 e. The van der Waals surface area contributed by atoms with Gasteiger partial charge in [0.25, 0.3) is 0 Å². The molecule has 0 unspecified atom stereocenters. The van der Waals surface area contributed by atoms with Crippen molar-refractivity contribution in [1.82, 2.24) is 0 Å². The molecule has 4 aromatic rings. The van der Waals surface area contributed by atoms with Gasteiger partial charge in [0.1, 0.15) is 11.1 Å². The van der Waals surface area contributed by atoms with E-state index in [2.05, 4.69) is 15.9 Å². The van der Waals surface area contributed by atoms with Gasteiger partial charge in [-0.1, -0.05) is 12.1 Å². The van der Waals surface area contributed by atoms with Crippen molar-refractivity contribution in [2.45, 2.75) is 0 Å². The first kappa shape index (κ1) is 14.7. The predicted octanol–water partition coefficient (Wildman–Crippen LogP) is 4.64. The summed E-state index contributed by atoms with van der Waals surface area (Å²) in [5.41, 5.74) is -0.174. The second-order valence-corrected chi connectivity index (χ2v) is 5.82. The van der Waals surface area contributed by atoms with Gasteiger partial charge in [0.15, 0.2) is 22.0 Å². The molecule has 0 bridgehead atoms. The average Bonchev–Trinajstić information content (AvgIpc) is 3.26. The first-order valence-electron chi connectivity index (χ1n) is 7.05. The number of halogens is 1. The van der Waals surface area contributed by atoms with Gasteiger partial charge in [0.2, 0.25) is 11.2 Å². The Morgan fingerprint density at radius 1 is 0.958 bits per heavy atom. The van der Waals surface area contributed by atoms with Crippen molar-refractivity contribution in [3.63, 3.8) is 0 Å². The molecule has 3 aromatic heterocycles. The fourth-order valence-corrected chi connectivity index (χ4v) is 2.80. The molecular weight excluding hydrogens is 376 g/mol. The Morgan fingerprint density at radius 2 is 1.79 bits per heavy atom. The maximum Gasteiger partial charge on any atom is 0.236 e. The van der Waals surface area contributed by atoms with Gasteiger partial charge in [-0.2, -0.15) is 0 Å². The minimum Gasteiger partial charge on any atom is -0.461 e. The summed E-state index contributed by atoms with van der Waals surface area (Å²) in [4.78, 5) is 25.7. The van der Waals surface area contributed by atoms with E-state index in [-0.39, 0.29) is 22.8 Å². The molecule has 0 aliphatic carbocycles. The lowest BCUT2D eigenvalue weighted by Gasteiger charge is -2.06. The molecular formula is C18H9BrO5. The molecule has 4 rings (SSSR count). The number of hydrogen-bond donors (Lipinski definition) is 0. The number of furan rings is 2. The minimum absolute atomic E-state index is 0.0597. The fraction of sp³-hybridized carbons (Fsp3) is 0. The molecule has 0 saturated carbocycles. The topological polar surface area (TPSA) is 73.6 Å². The van der Waals surface area contributed by atoms with Gasteiger partial charge in [-0.25, -0.2) is 0 Å². The van der Waals surface area contributed by atoms with Crippen LogP contribution in [0.15, 0.2) is 77.5 Å². The van der Waals surface area contributed by atoms with E-state index in [9.17, 15) is 9.59 Å². The highest BCUT2D eigenvalue weighted by molar-refractivity contribution is 9.10. The molecule has 1 aromatic carbocycles. The fourth-order valence-electron chi connectivity index (χ4n) is 2.49. The van der Waals surface area contributed by atoms with Crippen LogP contribution < -0.4 is 5.43 Å². The standard InChI is InChI=1S/C18H9BrO5/c19-14-8-7-13(23-14)18-15(17(21)12-6-3-9-22-12)16(20)10-4-1-2-5-11(10)24-18/h1-9H. The SMILES string of the molecule is O=C(c1ccco1)c1c(-c2ccc(Br)o2)oc2ccccc2c1=O. The normalized spacial score (nSPS) is 11.0. The van der Waals surface area contributed by atoms with Gasteiger partial charge in [-0.05, 0) is 52.3 Å². The summed E-state index contributed by atoms with van der Waals surface area (Å²) in [5.74, 6) is -0.142. The molecule has 0 radical (unpaired) electrons. The summed E-state index contributed by atoms with van der Waals surface area (Å²) in [7, 11) is 0. The molecule has 0 N–H and O–H groups in total. The zero-order chi connectivity index (χ0) is 16.7. The lowest BCUT2D eigenvalue weighted by atomic mass is 10.0. The Hall–Kier alpha value is -2.86. The Bertz CT molecular complexity index is 1100. The maximum atomic E-state index is 12.9. The number of carbonyl (C=O) groups is 1. The van der Waals surface area contributed by atoms with Crippen LogP contribution in [-0.2, 0) is 0 Å². The summed E-state index contributed by atoms with van der Waals surface area (Å²) in [6.45, 7) is 0. The first-order valence-corrected chi connectivity index (χ1v) is 7.84. The van der Waals surface area contributed by atoms with Crippen LogP contribution in [0.2, 0.25) is 0 Å². The maximum absolute atomic E-state index is 12.9. The predicted molar refractivity (Wildman–Crippen MR) is 90.0 cm³/mol. The smallest absolute Gasteiger partial charge is 0.236 e. The van der Waals surface area contributed by atoms with Gasteiger partial charge in [0.05, 0.1) is 11.6 Å². The van der Waals surface area contributed by atoms with E-state index in [0.717, 1.165) is 0 Å². The van der Waals surface area contributed by atoms with Gasteiger partial charge in [0, 0.05) is 0 Å². The number of para-hydroxylation sites is 1. The van der Waals surface area contributed by atoms with E-state index in [4.69, 9.17) is 13.3 Å². The molecule has 0 spiro atoms. The van der Waals surface area contributed by atoms with Crippen LogP contribution in [0.3, 0.4) is 0 Å². The number of ketones is 1. The number of fused-ring (bicyclic) bond motifs is 1. The molecule has 0 amide bonds. The van der Waals surface area contributed by atoms with E-state index in [1.165, 1.54) is 12.3 Å². The molecule has 118 valence electrons. The zero-order valence-electron chi connectivity index (χ0n) is 12.1. The Balaban J connectivity index is 2.07. The van der Waals surface area contributed by atoms with E-state index in [1.54, 1.807) is 42.5 Å². The van der Waals surface area contributed by atoms with Crippen molar-refractivity contribution >= 4 is 32.7 Å². The monoisotopic (exact) mass is 384 g/mol. The van der Waals surface area contributed by atoms with Crippen LogP contribution in [0.4, 0.5) is 0 Å². The van der Waals surface area contributed by atoms with Crippen LogP contribution in [0, 0.1) is 0 Å². The molecule has 0 fully saturated rings. The summed E-state index contributed by atoms with van der Waals surface area (Å²) >= 11 is 3.21. The van der Waals surface area contributed by atoms with Crippen molar-refractivity contribution in [3.8, 4) is 11.5 Å². The summed E-state index contributed by atoms with van der Waals surface area (Å²) < 4.78 is 16.9. The number of benzene rings is 1. The molecule has 24 heavy (non-hydrogen) atoms. The van der Waals surface area contributed by atoms with E-state index in [0.29, 0.717) is 15.6 Å². The number of hydrogen-bond acceptors (Lipinski definition) is 5. The van der Waals surface area contributed by atoms with Crippen LogP contribution in [-0.4, -0.2) is 5.78 Å². The third kappa shape index (κ3) is 2.32. The molecule has 6 heteroatoms. The third-order valence-electron chi connectivity index (χ3n) is 3.57. The van der Waals surface area contributed by atoms with Crippen molar-refractivity contribution in [2.24, 2.45) is 0 Å². The molecule has 0 saturated heterocycles. The minimum atomic E-state index is -0.554. The summed E-state index contributed by atoms with van der Waals surface area (Å²) in [6, 6.07) is 13.1. The summed E-state index contributed by atoms with van der Waals surface area (Å²) in [5, 5.41) is 0.321. The molecule has 5 nitrogen and oxygen atoms in total. The van der Waals surface area contributed by atoms with Gasteiger partial charge in [-0.15, -0.1) is 0 Å². The third-order valence-corrected chi connectivity index (χ3v) is 3.99. The number of carbonyl (C=O) groups excluding carboxylic acids is 1. The second kappa shape index (κ2) is 5.65. The van der Waals surface area contributed by atoms with Crippen molar-refractivity contribution in [1.29, 1.82) is 0 Å². The Labute approximate surface area is 143 Å². The molecule has 0 atom stereocenters. The quantitative estimate of drug-likeness (QED) is 0.481. The second-order valence-electron chi connectivity index (χ2n) is 5.04. The lowest BCUT2D eigenvalue weighted by Crippen LogP contribution is -2.17. The van der Waals surface area contributed by atoms with Crippen molar-refractivity contribution in [2.75, 3.05) is 0 Å². The van der Waals surface area contributed by atoms with Gasteiger partial charge >= 0.3 is 0 Å². The molecule has 3 heterocycles. The van der Waals surface area contributed by atoms with Crippen molar-refractivity contribution < 1.29 is 18.0 Å². The average molecular weight is 385 g/mol. The van der Waals surface area contributed by atoms with E-state index >= 15 is 0 Å². The van der Waals surface area contributed by atoms with Crippen LogP contribution >= 0.6 is 15.9 Å². The highest BCUT2D eigenvalue weighted by Crippen LogP contribution is 2.30. The van der Waals surface area contributed by atoms with Gasteiger partial charge < -0.3 is 13.3 Å². The van der Waals surface area contributed by atoms with Crippen molar-refractivity contribution in [3.05, 3.63) is 81.0 Å². The van der Waals surface area contributed by atoms with Crippen LogP contribution in [0.1, 0.15) is 16.1 Å². The Kier molecular flexibility index (Phi) is 3.46. The van der Waals surface area contributed by atoms with E-state index < -0.39 is 11.2 Å². The van der Waals surface area contributed by atoms with Gasteiger partial charge in [-0.3, -0.25) is 9.59 Å². The highest BCUT2D eigenvalue weighted by atomic mass is 79.9. The zero-order valence-corrected chi connectivity index (χ0v) is 13.7. The first-order chi connectivity index (χ1) is 11.6. The lowest BCUT2D eigenvalue weighted by molar-refractivity contribution is 0.101. The van der Waals surface area contributed by atoms with Crippen LogP contribution in [0.5, 0.6) is 0 Å².